The van der Waals surface area contributed by atoms with Gasteiger partial charge in [0.15, 0.2) is 6.61 Å². The Morgan fingerprint density at radius 2 is 1.71 bits per heavy atom. The van der Waals surface area contributed by atoms with Gasteiger partial charge in [-0.15, -0.1) is 11.8 Å². The monoisotopic (exact) mass is 356 g/mol. The van der Waals surface area contributed by atoms with Crippen molar-refractivity contribution in [2.45, 2.75) is 11.1 Å². The molecule has 0 saturated carbocycles. The maximum absolute atomic E-state index is 12.1. The van der Waals surface area contributed by atoms with Crippen molar-refractivity contribution >= 4 is 29.2 Å². The Bertz CT molecular complexity index is 708. The largest absolute Gasteiger partial charge is 0.484 e. The summed E-state index contributed by atoms with van der Waals surface area (Å²) in [5.74, 6) is 0.0227. The molecule has 0 radical (unpaired) electrons. The molecule has 0 aliphatic carbocycles. The van der Waals surface area contributed by atoms with Gasteiger partial charge >= 0.3 is 12.2 Å². The number of nitrogens with one attached hydrogen (secondary N) is 2. The van der Waals surface area contributed by atoms with E-state index in [1.54, 1.807) is 23.9 Å². The summed E-state index contributed by atoms with van der Waals surface area (Å²) in [5, 5.41) is 5.20. The van der Waals surface area contributed by atoms with Gasteiger partial charge < -0.3 is 15.4 Å². The van der Waals surface area contributed by atoms with Crippen LogP contribution in [0.5, 0.6) is 5.75 Å². The zero-order chi connectivity index (χ0) is 17.6. The molecular formula is C16H15F3N2O2S. The molecule has 0 aliphatic heterocycles. The number of urea groups is 1. The first-order valence-corrected chi connectivity index (χ1v) is 8.10. The minimum Gasteiger partial charge on any atom is -0.484 e. The Morgan fingerprint density at radius 1 is 1.08 bits per heavy atom. The zero-order valence-corrected chi connectivity index (χ0v) is 13.5. The van der Waals surface area contributed by atoms with E-state index in [9.17, 15) is 18.0 Å². The molecule has 2 N–H and O–H groups in total. The summed E-state index contributed by atoms with van der Waals surface area (Å²) in [5.41, 5.74) is 0.942. The number of carbonyl (C=O) groups is 1. The van der Waals surface area contributed by atoms with Crippen molar-refractivity contribution in [1.29, 1.82) is 0 Å². The Labute approximate surface area is 141 Å². The highest BCUT2D eigenvalue weighted by Gasteiger charge is 2.28. The molecule has 0 aromatic heterocycles. The predicted molar refractivity (Wildman–Crippen MR) is 88.9 cm³/mol. The molecule has 0 unspecified atom stereocenters. The van der Waals surface area contributed by atoms with Crippen LogP contribution in [0.4, 0.5) is 29.3 Å². The van der Waals surface area contributed by atoms with Gasteiger partial charge in [0.1, 0.15) is 5.75 Å². The molecule has 0 bridgehead atoms. The number of ether oxygens (including phenoxy) is 1. The minimum atomic E-state index is -4.41. The van der Waals surface area contributed by atoms with Crippen LogP contribution in [0.25, 0.3) is 0 Å². The number of alkyl halides is 3. The molecule has 2 rings (SSSR count). The summed E-state index contributed by atoms with van der Waals surface area (Å²) in [4.78, 5) is 13.0. The van der Waals surface area contributed by atoms with Crippen LogP contribution >= 0.6 is 11.8 Å². The second-order valence-electron chi connectivity index (χ2n) is 4.74. The standard InChI is InChI=1S/C16H15F3N2O2S/c1-24-14-7-3-5-12(9-14)21-15(22)20-11-4-2-6-13(8-11)23-10-16(17,18)19/h2-9H,10H2,1H3,(H2,20,21,22). The number of rotatable bonds is 5. The number of thioether (sulfide) groups is 1. The van der Waals surface area contributed by atoms with Gasteiger partial charge in [-0.1, -0.05) is 12.1 Å². The van der Waals surface area contributed by atoms with E-state index >= 15 is 0 Å². The lowest BCUT2D eigenvalue weighted by molar-refractivity contribution is -0.153. The normalized spacial score (nSPS) is 11.0. The van der Waals surface area contributed by atoms with Crippen LogP contribution in [0, 0.1) is 0 Å². The molecule has 0 saturated heterocycles. The average molecular weight is 356 g/mol. The molecule has 0 fully saturated rings. The van der Waals surface area contributed by atoms with E-state index in [-0.39, 0.29) is 5.75 Å². The van der Waals surface area contributed by atoms with Crippen LogP contribution in [0.15, 0.2) is 53.4 Å². The van der Waals surface area contributed by atoms with E-state index in [0.717, 1.165) is 4.90 Å². The van der Waals surface area contributed by atoms with Crippen LogP contribution in [0.3, 0.4) is 0 Å². The summed E-state index contributed by atoms with van der Waals surface area (Å²) in [6.45, 7) is -1.38. The number of carbonyl (C=O) groups excluding carboxylic acids is 1. The summed E-state index contributed by atoms with van der Waals surface area (Å²) in [6, 6.07) is 12.5. The minimum absolute atomic E-state index is 0.0227. The third-order valence-electron chi connectivity index (χ3n) is 2.82. The highest BCUT2D eigenvalue weighted by molar-refractivity contribution is 7.98. The van der Waals surface area contributed by atoms with Gasteiger partial charge in [0.05, 0.1) is 0 Å². The van der Waals surface area contributed by atoms with E-state index in [0.29, 0.717) is 11.4 Å². The van der Waals surface area contributed by atoms with Gasteiger partial charge in [0, 0.05) is 22.3 Å². The van der Waals surface area contributed by atoms with Crippen LogP contribution in [0.1, 0.15) is 0 Å². The number of amides is 2. The molecule has 2 amide bonds. The summed E-state index contributed by atoms with van der Waals surface area (Å²) < 4.78 is 41.1. The van der Waals surface area contributed by atoms with Gasteiger partial charge in [0.2, 0.25) is 0 Å². The van der Waals surface area contributed by atoms with E-state index in [1.165, 1.54) is 18.2 Å². The maximum atomic E-state index is 12.1. The molecule has 4 nitrogen and oxygen atoms in total. The topological polar surface area (TPSA) is 50.4 Å². The number of anilines is 2. The van der Waals surface area contributed by atoms with Crippen molar-refractivity contribution in [2.24, 2.45) is 0 Å². The number of hydrogen-bond donors (Lipinski definition) is 2. The highest BCUT2D eigenvalue weighted by Crippen LogP contribution is 2.22. The van der Waals surface area contributed by atoms with E-state index in [1.807, 2.05) is 24.5 Å². The lowest BCUT2D eigenvalue weighted by Gasteiger charge is -2.11. The van der Waals surface area contributed by atoms with Crippen molar-refractivity contribution in [3.63, 3.8) is 0 Å². The molecule has 24 heavy (non-hydrogen) atoms. The Hall–Kier alpha value is -2.35. The van der Waals surface area contributed by atoms with Crippen LogP contribution in [0.2, 0.25) is 0 Å². The van der Waals surface area contributed by atoms with Crippen LogP contribution in [-0.2, 0) is 0 Å². The first kappa shape index (κ1) is 18.0. The quantitative estimate of drug-likeness (QED) is 0.742. The zero-order valence-electron chi connectivity index (χ0n) is 12.7. The SMILES string of the molecule is CSc1cccc(NC(=O)Nc2cccc(OCC(F)(F)F)c2)c1. The molecule has 0 aliphatic rings. The van der Waals surface area contributed by atoms with E-state index in [4.69, 9.17) is 0 Å². The van der Waals surface area contributed by atoms with Gasteiger partial charge in [-0.05, 0) is 36.6 Å². The highest BCUT2D eigenvalue weighted by atomic mass is 32.2. The summed E-state index contributed by atoms with van der Waals surface area (Å²) >= 11 is 1.54. The molecule has 128 valence electrons. The Kier molecular flexibility index (Phi) is 5.97. The molecule has 2 aromatic rings. The molecule has 0 heterocycles. The number of halogens is 3. The van der Waals surface area contributed by atoms with E-state index < -0.39 is 18.8 Å². The van der Waals surface area contributed by atoms with Gasteiger partial charge in [0.25, 0.3) is 0 Å². The Morgan fingerprint density at radius 3 is 2.33 bits per heavy atom. The fourth-order valence-corrected chi connectivity index (χ4v) is 2.28. The van der Waals surface area contributed by atoms with Gasteiger partial charge in [-0.25, -0.2) is 4.79 Å². The second kappa shape index (κ2) is 7.96. The fourth-order valence-electron chi connectivity index (χ4n) is 1.82. The predicted octanol–water partition coefficient (Wildman–Crippen LogP) is 4.99. The van der Waals surface area contributed by atoms with Crippen LogP contribution in [-0.4, -0.2) is 25.1 Å². The second-order valence-corrected chi connectivity index (χ2v) is 5.62. The third-order valence-corrected chi connectivity index (χ3v) is 3.55. The number of hydrogen-bond acceptors (Lipinski definition) is 3. The van der Waals surface area contributed by atoms with Gasteiger partial charge in [-0.3, -0.25) is 0 Å². The third kappa shape index (κ3) is 6.04. The fraction of sp³-hybridized carbons (Fsp3) is 0.188. The maximum Gasteiger partial charge on any atom is 0.422 e. The summed E-state index contributed by atoms with van der Waals surface area (Å²) in [7, 11) is 0. The van der Waals surface area contributed by atoms with E-state index in [2.05, 4.69) is 15.4 Å². The van der Waals surface area contributed by atoms with Crippen molar-refractivity contribution < 1.29 is 22.7 Å². The molecule has 0 atom stereocenters. The smallest absolute Gasteiger partial charge is 0.422 e. The van der Waals surface area contributed by atoms with Crippen LogP contribution < -0.4 is 15.4 Å². The molecule has 0 spiro atoms. The first-order chi connectivity index (χ1) is 11.4. The number of benzene rings is 2. The summed E-state index contributed by atoms with van der Waals surface area (Å²) in [6.07, 6.45) is -2.49. The molecule has 2 aromatic carbocycles. The molecular weight excluding hydrogens is 341 g/mol. The molecule has 8 heteroatoms. The first-order valence-electron chi connectivity index (χ1n) is 6.87. The lowest BCUT2D eigenvalue weighted by atomic mass is 10.3. The van der Waals surface area contributed by atoms with Gasteiger partial charge in [-0.2, -0.15) is 13.2 Å². The van der Waals surface area contributed by atoms with Crippen molar-refractivity contribution in [3.8, 4) is 5.75 Å². The lowest BCUT2D eigenvalue weighted by Crippen LogP contribution is -2.20. The van der Waals surface area contributed by atoms with Crippen molar-refractivity contribution in [2.75, 3.05) is 23.5 Å². The van der Waals surface area contributed by atoms with Crippen molar-refractivity contribution in [3.05, 3.63) is 48.5 Å². The Balaban J connectivity index is 1.96. The van der Waals surface area contributed by atoms with Crippen molar-refractivity contribution in [1.82, 2.24) is 0 Å². The average Bonchev–Trinajstić information content (AvgIpc) is 2.53.